The predicted octanol–water partition coefficient (Wildman–Crippen LogP) is 3.45. The van der Waals surface area contributed by atoms with Crippen LogP contribution in [0.5, 0.6) is 0 Å². The van der Waals surface area contributed by atoms with E-state index in [1.165, 1.54) is 6.42 Å². The van der Waals surface area contributed by atoms with Gasteiger partial charge < -0.3 is 14.3 Å². The molecule has 0 atom stereocenters. The maximum Gasteiger partial charge on any atom is 0.270 e. The summed E-state index contributed by atoms with van der Waals surface area (Å²) in [4.78, 5) is 22.2. The Bertz CT molecular complexity index is 799. The molecule has 1 aliphatic heterocycles. The van der Waals surface area contributed by atoms with E-state index in [9.17, 15) is 4.79 Å². The molecule has 5 heteroatoms. The van der Waals surface area contributed by atoms with Crippen molar-refractivity contribution in [2.75, 3.05) is 13.1 Å². The van der Waals surface area contributed by atoms with Gasteiger partial charge in [0.05, 0.1) is 29.3 Å². The van der Waals surface area contributed by atoms with Gasteiger partial charge in [0, 0.05) is 18.7 Å². The Morgan fingerprint density at radius 3 is 2.82 bits per heavy atom. The number of carbonyl (C=O) groups excluding carboxylic acids is 1. The van der Waals surface area contributed by atoms with Crippen LogP contribution in [0.15, 0.2) is 41.2 Å². The summed E-state index contributed by atoms with van der Waals surface area (Å²) in [5, 5.41) is 0. The normalized spacial score (nSPS) is 15.4. The molecule has 0 aromatic carbocycles. The lowest BCUT2D eigenvalue weighted by Gasteiger charge is -2.26. The molecule has 0 bridgehead atoms. The average Bonchev–Trinajstić information content (AvgIpc) is 3.23. The van der Waals surface area contributed by atoms with Crippen molar-refractivity contribution in [2.45, 2.75) is 19.3 Å². The van der Waals surface area contributed by atoms with E-state index in [0.717, 1.165) is 48.2 Å². The SMILES string of the molecule is O=C(c1cc2nc(-c3ccoc3)ccc2[nH]1)N1CCCCC1. The van der Waals surface area contributed by atoms with E-state index < -0.39 is 0 Å². The summed E-state index contributed by atoms with van der Waals surface area (Å²) in [6.07, 6.45) is 6.69. The van der Waals surface area contributed by atoms with E-state index >= 15 is 0 Å². The first-order valence-electron chi connectivity index (χ1n) is 7.63. The largest absolute Gasteiger partial charge is 0.472 e. The third-order valence-corrected chi connectivity index (χ3v) is 4.17. The lowest BCUT2D eigenvalue weighted by Crippen LogP contribution is -2.35. The van der Waals surface area contributed by atoms with Crippen molar-refractivity contribution in [2.24, 2.45) is 0 Å². The number of nitrogens with zero attached hydrogens (tertiary/aromatic N) is 2. The second-order valence-electron chi connectivity index (χ2n) is 5.68. The Balaban J connectivity index is 1.67. The molecule has 1 aliphatic rings. The Morgan fingerprint density at radius 2 is 2.05 bits per heavy atom. The molecule has 5 nitrogen and oxygen atoms in total. The molecule has 0 saturated carbocycles. The Morgan fingerprint density at radius 1 is 1.18 bits per heavy atom. The number of piperidine rings is 1. The van der Waals surface area contributed by atoms with E-state index in [2.05, 4.69) is 9.97 Å². The minimum absolute atomic E-state index is 0.0718. The predicted molar refractivity (Wildman–Crippen MR) is 83.6 cm³/mol. The van der Waals surface area contributed by atoms with Crippen molar-refractivity contribution in [3.8, 4) is 11.3 Å². The third-order valence-electron chi connectivity index (χ3n) is 4.17. The molecular formula is C17H17N3O2. The van der Waals surface area contributed by atoms with Crippen molar-refractivity contribution >= 4 is 16.9 Å². The number of amides is 1. The summed E-state index contributed by atoms with van der Waals surface area (Å²) in [6.45, 7) is 1.70. The van der Waals surface area contributed by atoms with Crippen LogP contribution in [-0.2, 0) is 0 Å². The molecule has 1 fully saturated rings. The molecule has 3 aromatic heterocycles. The first-order valence-corrected chi connectivity index (χ1v) is 7.63. The van der Waals surface area contributed by atoms with Crippen molar-refractivity contribution in [3.05, 3.63) is 42.5 Å². The lowest BCUT2D eigenvalue weighted by molar-refractivity contribution is 0.0719. The van der Waals surface area contributed by atoms with Gasteiger partial charge in [0.25, 0.3) is 5.91 Å². The number of fused-ring (bicyclic) bond motifs is 1. The van der Waals surface area contributed by atoms with E-state index in [0.29, 0.717) is 5.69 Å². The fourth-order valence-electron chi connectivity index (χ4n) is 2.96. The smallest absolute Gasteiger partial charge is 0.270 e. The first kappa shape index (κ1) is 13.1. The molecule has 0 aliphatic carbocycles. The molecule has 1 N–H and O–H groups in total. The molecule has 1 amide bonds. The first-order chi connectivity index (χ1) is 10.8. The fraction of sp³-hybridized carbons (Fsp3) is 0.294. The van der Waals surface area contributed by atoms with Crippen LogP contribution < -0.4 is 0 Å². The monoisotopic (exact) mass is 295 g/mol. The molecule has 0 spiro atoms. The van der Waals surface area contributed by atoms with Crippen LogP contribution in [0.4, 0.5) is 0 Å². The number of furan rings is 1. The minimum Gasteiger partial charge on any atom is -0.472 e. The molecule has 0 radical (unpaired) electrons. The Labute approximate surface area is 127 Å². The number of aromatic amines is 1. The molecule has 1 saturated heterocycles. The van der Waals surface area contributed by atoms with Crippen molar-refractivity contribution < 1.29 is 9.21 Å². The van der Waals surface area contributed by atoms with Crippen molar-refractivity contribution in [1.29, 1.82) is 0 Å². The number of carbonyl (C=O) groups is 1. The highest BCUT2D eigenvalue weighted by Crippen LogP contribution is 2.22. The van der Waals surface area contributed by atoms with Crippen LogP contribution in [0.1, 0.15) is 29.8 Å². The van der Waals surface area contributed by atoms with Crippen molar-refractivity contribution in [1.82, 2.24) is 14.9 Å². The quantitative estimate of drug-likeness (QED) is 0.787. The molecule has 112 valence electrons. The van der Waals surface area contributed by atoms with Crippen molar-refractivity contribution in [3.63, 3.8) is 0 Å². The van der Waals surface area contributed by atoms with Gasteiger partial charge in [-0.3, -0.25) is 4.79 Å². The molecule has 4 rings (SSSR count). The number of nitrogens with one attached hydrogen (secondary N) is 1. The number of likely N-dealkylation sites (tertiary alicyclic amines) is 1. The van der Waals surface area contributed by atoms with Crippen LogP contribution in [0.25, 0.3) is 22.3 Å². The zero-order valence-corrected chi connectivity index (χ0v) is 12.2. The molecule has 0 unspecified atom stereocenters. The minimum atomic E-state index is 0.0718. The number of pyridine rings is 1. The second-order valence-corrected chi connectivity index (χ2v) is 5.68. The summed E-state index contributed by atoms with van der Waals surface area (Å²) >= 11 is 0. The summed E-state index contributed by atoms with van der Waals surface area (Å²) < 4.78 is 5.10. The Hall–Kier alpha value is -2.56. The topological polar surface area (TPSA) is 62.1 Å². The van der Waals surface area contributed by atoms with Crippen LogP contribution >= 0.6 is 0 Å². The van der Waals surface area contributed by atoms with Crippen LogP contribution in [-0.4, -0.2) is 33.9 Å². The Kier molecular flexibility index (Phi) is 3.18. The third kappa shape index (κ3) is 2.28. The van der Waals surface area contributed by atoms with E-state index in [-0.39, 0.29) is 5.91 Å². The van der Waals surface area contributed by atoms with Gasteiger partial charge in [-0.15, -0.1) is 0 Å². The maximum atomic E-state index is 12.5. The number of H-pyrrole nitrogens is 1. The molecule has 3 aromatic rings. The summed E-state index contributed by atoms with van der Waals surface area (Å²) in [7, 11) is 0. The highest BCUT2D eigenvalue weighted by atomic mass is 16.3. The van der Waals surface area contributed by atoms with Gasteiger partial charge in [-0.2, -0.15) is 0 Å². The van der Waals surface area contributed by atoms with E-state index in [4.69, 9.17) is 4.42 Å². The fourth-order valence-corrected chi connectivity index (χ4v) is 2.96. The average molecular weight is 295 g/mol. The standard InChI is InChI=1S/C17H17N3O2/c21-17(20-7-2-1-3-8-20)16-10-15-14(19-16)5-4-13(18-15)12-6-9-22-11-12/h4-6,9-11,19H,1-3,7-8H2. The van der Waals surface area contributed by atoms with Crippen LogP contribution in [0, 0.1) is 0 Å². The number of hydrogen-bond acceptors (Lipinski definition) is 3. The maximum absolute atomic E-state index is 12.5. The van der Waals surface area contributed by atoms with E-state index in [1.807, 2.05) is 29.2 Å². The van der Waals surface area contributed by atoms with Gasteiger partial charge in [-0.05, 0) is 43.5 Å². The number of hydrogen-bond donors (Lipinski definition) is 1. The lowest BCUT2D eigenvalue weighted by atomic mass is 10.1. The molecular weight excluding hydrogens is 278 g/mol. The van der Waals surface area contributed by atoms with Gasteiger partial charge in [0.2, 0.25) is 0 Å². The van der Waals surface area contributed by atoms with E-state index in [1.54, 1.807) is 12.5 Å². The highest BCUT2D eigenvalue weighted by Gasteiger charge is 2.20. The summed E-state index contributed by atoms with van der Waals surface area (Å²) in [5.41, 5.74) is 4.09. The number of aromatic nitrogens is 2. The van der Waals surface area contributed by atoms with Gasteiger partial charge in [-0.25, -0.2) is 4.98 Å². The summed E-state index contributed by atoms with van der Waals surface area (Å²) in [5.74, 6) is 0.0718. The molecule has 22 heavy (non-hydrogen) atoms. The highest BCUT2D eigenvalue weighted by molar-refractivity contribution is 5.97. The molecule has 4 heterocycles. The van der Waals surface area contributed by atoms with Gasteiger partial charge in [0.15, 0.2) is 0 Å². The van der Waals surface area contributed by atoms with Gasteiger partial charge in [-0.1, -0.05) is 0 Å². The zero-order chi connectivity index (χ0) is 14.9. The summed E-state index contributed by atoms with van der Waals surface area (Å²) in [6, 6.07) is 7.60. The van der Waals surface area contributed by atoms with Crippen LogP contribution in [0.3, 0.4) is 0 Å². The van der Waals surface area contributed by atoms with Gasteiger partial charge in [0.1, 0.15) is 5.69 Å². The van der Waals surface area contributed by atoms with Crippen LogP contribution in [0.2, 0.25) is 0 Å². The second kappa shape index (κ2) is 5.33. The number of rotatable bonds is 2. The zero-order valence-electron chi connectivity index (χ0n) is 12.2. The van der Waals surface area contributed by atoms with Gasteiger partial charge >= 0.3 is 0 Å².